The molecule has 0 spiro atoms. The SMILES string of the molecule is c1ccc(-c2nc(-c3ccc(-n4c5ccccc5c5cc6c7c8ccccc8ccc7n7c8ccccc8c(c54)c67)cc3)c3oc4ccccc4c3n2)cc1. The van der Waals surface area contributed by atoms with E-state index in [0.29, 0.717) is 11.4 Å². The van der Waals surface area contributed by atoms with Gasteiger partial charge in [-0.3, -0.25) is 0 Å². The minimum absolute atomic E-state index is 0.676. The van der Waals surface area contributed by atoms with Crippen LogP contribution >= 0.6 is 0 Å². The molecule has 0 atom stereocenters. The minimum Gasteiger partial charge on any atom is -0.452 e. The van der Waals surface area contributed by atoms with Crippen molar-refractivity contribution >= 4 is 92.7 Å². The van der Waals surface area contributed by atoms with Gasteiger partial charge in [0.2, 0.25) is 0 Å². The molecule has 8 aromatic carbocycles. The van der Waals surface area contributed by atoms with E-state index in [1.54, 1.807) is 0 Å². The summed E-state index contributed by atoms with van der Waals surface area (Å²) in [6.07, 6.45) is 0. The number of nitrogens with zero attached hydrogens (tertiary/aromatic N) is 4. The Kier molecular flexibility index (Phi) is 5.57. The van der Waals surface area contributed by atoms with Crippen LogP contribution in [0.4, 0.5) is 0 Å². The van der Waals surface area contributed by atoms with E-state index in [9.17, 15) is 0 Å². The van der Waals surface area contributed by atoms with Gasteiger partial charge in [0.25, 0.3) is 0 Å². The van der Waals surface area contributed by atoms with Gasteiger partial charge in [-0.2, -0.15) is 0 Å². The van der Waals surface area contributed by atoms with E-state index in [2.05, 4.69) is 142 Å². The number of rotatable bonds is 3. The van der Waals surface area contributed by atoms with Crippen molar-refractivity contribution in [2.75, 3.05) is 0 Å². The number of benzene rings is 8. The van der Waals surface area contributed by atoms with Gasteiger partial charge in [0.05, 0.1) is 27.6 Å². The highest BCUT2D eigenvalue weighted by molar-refractivity contribution is 6.36. The number of para-hydroxylation sites is 3. The van der Waals surface area contributed by atoms with E-state index < -0.39 is 0 Å². The van der Waals surface area contributed by atoms with E-state index >= 15 is 0 Å². The van der Waals surface area contributed by atoms with Crippen LogP contribution in [0.1, 0.15) is 0 Å². The minimum atomic E-state index is 0.676. The molecule has 0 fully saturated rings. The maximum atomic E-state index is 6.48. The second-order valence-electron chi connectivity index (χ2n) is 14.5. The molecule has 0 aliphatic heterocycles. The Bertz CT molecular complexity index is 3700. The van der Waals surface area contributed by atoms with Crippen LogP contribution in [0.5, 0.6) is 0 Å². The Morgan fingerprint density at radius 2 is 1.15 bits per heavy atom. The van der Waals surface area contributed by atoms with Crippen LogP contribution in [-0.2, 0) is 0 Å². The average molecular weight is 701 g/mol. The first kappa shape index (κ1) is 29.0. The Labute approximate surface area is 313 Å². The lowest BCUT2D eigenvalue weighted by Crippen LogP contribution is -1.96. The zero-order valence-electron chi connectivity index (χ0n) is 29.4. The first-order valence-electron chi connectivity index (χ1n) is 18.7. The molecule has 0 aliphatic carbocycles. The normalized spacial score (nSPS) is 12.4. The first-order valence-corrected chi connectivity index (χ1v) is 18.7. The van der Waals surface area contributed by atoms with Gasteiger partial charge >= 0.3 is 0 Å². The second-order valence-corrected chi connectivity index (χ2v) is 14.5. The summed E-state index contributed by atoms with van der Waals surface area (Å²) in [5, 5.41) is 11.1. The molecular formula is C50H28N4O. The van der Waals surface area contributed by atoms with Crippen molar-refractivity contribution < 1.29 is 4.42 Å². The van der Waals surface area contributed by atoms with Crippen LogP contribution in [0.2, 0.25) is 0 Å². The Hall–Kier alpha value is -7.50. The topological polar surface area (TPSA) is 48.3 Å². The van der Waals surface area contributed by atoms with Crippen molar-refractivity contribution in [2.45, 2.75) is 0 Å². The molecule has 0 saturated carbocycles. The van der Waals surface area contributed by atoms with Crippen LogP contribution in [0.15, 0.2) is 174 Å². The fourth-order valence-corrected chi connectivity index (χ4v) is 9.31. The lowest BCUT2D eigenvalue weighted by molar-refractivity contribution is 0.667. The van der Waals surface area contributed by atoms with Crippen LogP contribution in [0.25, 0.3) is 121 Å². The van der Waals surface area contributed by atoms with Gasteiger partial charge in [-0.05, 0) is 59.3 Å². The number of hydrogen-bond donors (Lipinski definition) is 0. The van der Waals surface area contributed by atoms with Gasteiger partial charge in [0.15, 0.2) is 11.4 Å². The maximum Gasteiger partial charge on any atom is 0.180 e. The van der Waals surface area contributed by atoms with Crippen molar-refractivity contribution in [2.24, 2.45) is 0 Å². The lowest BCUT2D eigenvalue weighted by atomic mass is 10.00. The molecule has 55 heavy (non-hydrogen) atoms. The van der Waals surface area contributed by atoms with E-state index in [1.807, 2.05) is 36.4 Å². The van der Waals surface area contributed by atoms with Gasteiger partial charge in [-0.25, -0.2) is 9.97 Å². The third kappa shape index (κ3) is 3.81. The van der Waals surface area contributed by atoms with Crippen LogP contribution in [0, 0.1) is 0 Å². The molecule has 0 bridgehead atoms. The molecule has 5 heterocycles. The molecule has 5 heteroatoms. The van der Waals surface area contributed by atoms with E-state index in [4.69, 9.17) is 14.4 Å². The quantitative estimate of drug-likeness (QED) is 0.184. The van der Waals surface area contributed by atoms with Crippen molar-refractivity contribution in [3.8, 4) is 28.3 Å². The van der Waals surface area contributed by atoms with Crippen LogP contribution < -0.4 is 0 Å². The van der Waals surface area contributed by atoms with E-state index in [0.717, 1.165) is 39.0 Å². The summed E-state index contributed by atoms with van der Waals surface area (Å²) in [6, 6.07) is 60.5. The molecule has 0 radical (unpaired) electrons. The molecule has 254 valence electrons. The summed E-state index contributed by atoms with van der Waals surface area (Å²) < 4.78 is 11.4. The van der Waals surface area contributed by atoms with Crippen molar-refractivity contribution in [3.63, 3.8) is 0 Å². The molecule has 5 aromatic heterocycles. The van der Waals surface area contributed by atoms with Crippen molar-refractivity contribution in [1.29, 1.82) is 0 Å². The number of fused-ring (bicyclic) bond motifs is 15. The lowest BCUT2D eigenvalue weighted by Gasteiger charge is -2.11. The Morgan fingerprint density at radius 3 is 2.00 bits per heavy atom. The highest BCUT2D eigenvalue weighted by Crippen LogP contribution is 2.48. The van der Waals surface area contributed by atoms with Gasteiger partial charge in [-0.15, -0.1) is 0 Å². The number of furan rings is 1. The summed E-state index contributed by atoms with van der Waals surface area (Å²) in [5.74, 6) is 0.676. The molecular weight excluding hydrogens is 673 g/mol. The third-order valence-electron chi connectivity index (χ3n) is 11.6. The fourth-order valence-electron chi connectivity index (χ4n) is 9.31. The highest BCUT2D eigenvalue weighted by atomic mass is 16.3. The van der Waals surface area contributed by atoms with Gasteiger partial charge in [0.1, 0.15) is 16.8 Å². The fraction of sp³-hybridized carbons (Fsp3) is 0. The van der Waals surface area contributed by atoms with Crippen molar-refractivity contribution in [3.05, 3.63) is 170 Å². The molecule has 0 N–H and O–H groups in total. The number of aromatic nitrogens is 4. The predicted octanol–water partition coefficient (Wildman–Crippen LogP) is 13.1. The zero-order valence-corrected chi connectivity index (χ0v) is 29.4. The molecule has 13 rings (SSSR count). The van der Waals surface area contributed by atoms with Gasteiger partial charge < -0.3 is 13.4 Å². The van der Waals surface area contributed by atoms with Crippen LogP contribution in [0.3, 0.4) is 0 Å². The average Bonchev–Trinajstić information content (AvgIpc) is 3.99. The number of hydrogen-bond acceptors (Lipinski definition) is 3. The predicted molar refractivity (Wildman–Crippen MR) is 227 cm³/mol. The third-order valence-corrected chi connectivity index (χ3v) is 11.6. The Morgan fingerprint density at radius 1 is 0.436 bits per heavy atom. The van der Waals surface area contributed by atoms with Gasteiger partial charge in [0, 0.05) is 54.5 Å². The monoisotopic (exact) mass is 700 g/mol. The Balaban J connectivity index is 1.11. The maximum absolute atomic E-state index is 6.48. The smallest absolute Gasteiger partial charge is 0.180 e. The standard InChI is InChI=1S/C50H28N4O/c1-2-13-31(14-3-1)50-51-45(49-46(52-50)36-18-8-11-21-42(36)55-49)30-22-25-32(26-23-30)53-39-19-9-6-16-34(39)37-28-38-43-33-15-5-4-12-29(33)24-27-41(43)54-40-20-10-7-17-35(40)44(47(37)53)48(38)54/h1-28H. The second kappa shape index (κ2) is 10.6. The first-order chi connectivity index (χ1) is 27.3. The molecule has 5 nitrogen and oxygen atoms in total. The zero-order chi connectivity index (χ0) is 35.8. The van der Waals surface area contributed by atoms with E-state index in [1.165, 1.54) is 70.7 Å². The molecule has 0 amide bonds. The van der Waals surface area contributed by atoms with E-state index in [-0.39, 0.29) is 0 Å². The van der Waals surface area contributed by atoms with Crippen LogP contribution in [-0.4, -0.2) is 18.9 Å². The summed E-state index contributed by atoms with van der Waals surface area (Å²) >= 11 is 0. The summed E-state index contributed by atoms with van der Waals surface area (Å²) in [7, 11) is 0. The van der Waals surface area contributed by atoms with Crippen molar-refractivity contribution in [1.82, 2.24) is 18.9 Å². The molecule has 13 aromatic rings. The molecule has 0 aliphatic rings. The largest absolute Gasteiger partial charge is 0.452 e. The molecule has 0 unspecified atom stereocenters. The summed E-state index contributed by atoms with van der Waals surface area (Å²) in [5.41, 5.74) is 12.2. The van der Waals surface area contributed by atoms with Gasteiger partial charge in [-0.1, -0.05) is 121 Å². The summed E-state index contributed by atoms with van der Waals surface area (Å²) in [4.78, 5) is 10.2. The molecule has 0 saturated heterocycles. The highest BCUT2D eigenvalue weighted by Gasteiger charge is 2.25. The summed E-state index contributed by atoms with van der Waals surface area (Å²) in [6.45, 7) is 0.